The second-order valence-corrected chi connectivity index (χ2v) is 5.81. The van der Waals surface area contributed by atoms with E-state index in [2.05, 4.69) is 25.1 Å². The lowest BCUT2D eigenvalue weighted by molar-refractivity contribution is 0.0631. The fraction of sp³-hybridized carbons (Fsp3) is 0.667. The number of hydrogen-bond donors (Lipinski definition) is 0. The zero-order valence-electron chi connectivity index (χ0n) is 11.3. The maximum absolute atomic E-state index is 5.38. The SMILES string of the molecule is c1cn(CCCSc2nnnn2C2CCOCC2)cn1. The summed E-state index contributed by atoms with van der Waals surface area (Å²) >= 11 is 1.72. The molecule has 0 bridgehead atoms. The summed E-state index contributed by atoms with van der Waals surface area (Å²) in [5.41, 5.74) is 0. The van der Waals surface area contributed by atoms with Crippen LogP contribution >= 0.6 is 11.8 Å². The summed E-state index contributed by atoms with van der Waals surface area (Å²) < 4.78 is 9.43. The molecule has 3 heterocycles. The molecule has 0 atom stereocenters. The minimum atomic E-state index is 0.384. The molecule has 108 valence electrons. The second-order valence-electron chi connectivity index (χ2n) is 4.75. The lowest BCUT2D eigenvalue weighted by Crippen LogP contribution is -2.21. The molecule has 0 saturated carbocycles. The summed E-state index contributed by atoms with van der Waals surface area (Å²) in [7, 11) is 0. The number of imidazole rings is 1. The van der Waals surface area contributed by atoms with Gasteiger partial charge in [0.15, 0.2) is 0 Å². The highest BCUT2D eigenvalue weighted by molar-refractivity contribution is 7.99. The molecule has 1 fully saturated rings. The van der Waals surface area contributed by atoms with Crippen molar-refractivity contribution < 1.29 is 4.74 Å². The van der Waals surface area contributed by atoms with Crippen LogP contribution in [0, 0.1) is 0 Å². The maximum atomic E-state index is 5.38. The van der Waals surface area contributed by atoms with Gasteiger partial charge in [0, 0.05) is 37.9 Å². The Morgan fingerprint density at radius 2 is 2.25 bits per heavy atom. The van der Waals surface area contributed by atoms with E-state index >= 15 is 0 Å². The number of tetrazole rings is 1. The van der Waals surface area contributed by atoms with E-state index < -0.39 is 0 Å². The van der Waals surface area contributed by atoms with Gasteiger partial charge in [-0.25, -0.2) is 9.67 Å². The van der Waals surface area contributed by atoms with Gasteiger partial charge in [0.05, 0.1) is 12.4 Å². The Morgan fingerprint density at radius 1 is 1.35 bits per heavy atom. The quantitative estimate of drug-likeness (QED) is 0.592. The zero-order chi connectivity index (χ0) is 13.6. The van der Waals surface area contributed by atoms with Gasteiger partial charge < -0.3 is 9.30 Å². The summed E-state index contributed by atoms with van der Waals surface area (Å²) in [5.74, 6) is 1.00. The summed E-state index contributed by atoms with van der Waals surface area (Å²) in [4.78, 5) is 4.03. The van der Waals surface area contributed by atoms with E-state index in [0.29, 0.717) is 6.04 Å². The molecule has 2 aromatic heterocycles. The molecule has 1 aliphatic heterocycles. The summed E-state index contributed by atoms with van der Waals surface area (Å²) in [6, 6.07) is 0.384. The number of aryl methyl sites for hydroxylation is 1. The molecule has 0 aliphatic carbocycles. The third kappa shape index (κ3) is 3.37. The molecular weight excluding hydrogens is 276 g/mol. The molecule has 0 N–H and O–H groups in total. The fourth-order valence-electron chi connectivity index (χ4n) is 2.27. The van der Waals surface area contributed by atoms with Crippen molar-refractivity contribution in [2.45, 2.75) is 37.0 Å². The average molecular weight is 294 g/mol. The monoisotopic (exact) mass is 294 g/mol. The predicted molar refractivity (Wildman–Crippen MR) is 74.5 cm³/mol. The van der Waals surface area contributed by atoms with E-state index in [-0.39, 0.29) is 0 Å². The van der Waals surface area contributed by atoms with Gasteiger partial charge in [-0.2, -0.15) is 0 Å². The fourth-order valence-corrected chi connectivity index (χ4v) is 3.14. The molecule has 1 saturated heterocycles. The van der Waals surface area contributed by atoms with Crippen molar-refractivity contribution in [3.05, 3.63) is 18.7 Å². The average Bonchev–Trinajstić information content (AvgIpc) is 3.16. The Labute approximate surface area is 121 Å². The van der Waals surface area contributed by atoms with E-state index in [4.69, 9.17) is 4.74 Å². The van der Waals surface area contributed by atoms with E-state index in [1.54, 1.807) is 18.0 Å². The van der Waals surface area contributed by atoms with Crippen LogP contribution < -0.4 is 0 Å². The molecule has 7 nitrogen and oxygen atoms in total. The lowest BCUT2D eigenvalue weighted by atomic mass is 10.1. The van der Waals surface area contributed by atoms with Crippen molar-refractivity contribution in [2.75, 3.05) is 19.0 Å². The molecule has 2 aromatic rings. The van der Waals surface area contributed by atoms with Gasteiger partial charge in [-0.3, -0.25) is 0 Å². The predicted octanol–water partition coefficient (Wildman–Crippen LogP) is 1.40. The van der Waals surface area contributed by atoms with Crippen LogP contribution in [0.25, 0.3) is 0 Å². The van der Waals surface area contributed by atoms with Crippen molar-refractivity contribution in [3.8, 4) is 0 Å². The maximum Gasteiger partial charge on any atom is 0.209 e. The van der Waals surface area contributed by atoms with Crippen molar-refractivity contribution in [3.63, 3.8) is 0 Å². The van der Waals surface area contributed by atoms with Crippen molar-refractivity contribution in [1.82, 2.24) is 29.8 Å². The minimum Gasteiger partial charge on any atom is -0.381 e. The van der Waals surface area contributed by atoms with Crippen LogP contribution in [0.4, 0.5) is 0 Å². The van der Waals surface area contributed by atoms with Crippen LogP contribution in [0.3, 0.4) is 0 Å². The Kier molecular flexibility index (Phi) is 4.65. The van der Waals surface area contributed by atoms with Gasteiger partial charge in [-0.1, -0.05) is 11.8 Å². The third-order valence-electron chi connectivity index (χ3n) is 3.35. The molecule has 0 unspecified atom stereocenters. The molecule has 0 amide bonds. The molecule has 8 heteroatoms. The van der Waals surface area contributed by atoms with Crippen LogP contribution in [0.15, 0.2) is 23.9 Å². The van der Waals surface area contributed by atoms with E-state index in [0.717, 1.165) is 49.9 Å². The van der Waals surface area contributed by atoms with Crippen molar-refractivity contribution in [1.29, 1.82) is 0 Å². The van der Waals surface area contributed by atoms with Gasteiger partial charge in [-0.15, -0.1) is 5.10 Å². The molecule has 0 radical (unpaired) electrons. The van der Waals surface area contributed by atoms with Gasteiger partial charge in [0.25, 0.3) is 0 Å². The number of hydrogen-bond acceptors (Lipinski definition) is 6. The number of ether oxygens (including phenoxy) is 1. The van der Waals surface area contributed by atoms with Crippen LogP contribution in [0.1, 0.15) is 25.3 Å². The van der Waals surface area contributed by atoms with Gasteiger partial charge in [0.2, 0.25) is 5.16 Å². The summed E-state index contributed by atoms with van der Waals surface area (Å²) in [6.45, 7) is 2.58. The highest BCUT2D eigenvalue weighted by atomic mass is 32.2. The number of thioether (sulfide) groups is 1. The first-order valence-corrected chi connectivity index (χ1v) is 7.86. The largest absolute Gasteiger partial charge is 0.381 e. The molecule has 0 spiro atoms. The minimum absolute atomic E-state index is 0.384. The van der Waals surface area contributed by atoms with Crippen LogP contribution in [-0.2, 0) is 11.3 Å². The molecular formula is C12H18N6OS. The van der Waals surface area contributed by atoms with Crippen LogP contribution in [0.2, 0.25) is 0 Å². The third-order valence-corrected chi connectivity index (χ3v) is 4.37. The Balaban J connectivity index is 1.49. The molecule has 1 aliphatic rings. The van der Waals surface area contributed by atoms with Crippen molar-refractivity contribution >= 4 is 11.8 Å². The van der Waals surface area contributed by atoms with E-state index in [1.165, 1.54) is 0 Å². The smallest absolute Gasteiger partial charge is 0.209 e. The van der Waals surface area contributed by atoms with Crippen LogP contribution in [0.5, 0.6) is 0 Å². The van der Waals surface area contributed by atoms with E-state index in [9.17, 15) is 0 Å². The first-order chi connectivity index (χ1) is 9.93. The summed E-state index contributed by atoms with van der Waals surface area (Å²) in [5, 5.41) is 13.0. The highest BCUT2D eigenvalue weighted by Crippen LogP contribution is 2.25. The molecule has 20 heavy (non-hydrogen) atoms. The Bertz CT molecular complexity index is 508. The number of rotatable bonds is 6. The zero-order valence-corrected chi connectivity index (χ0v) is 12.1. The van der Waals surface area contributed by atoms with Crippen LogP contribution in [-0.4, -0.2) is 48.7 Å². The van der Waals surface area contributed by atoms with E-state index in [1.807, 2.05) is 17.2 Å². The topological polar surface area (TPSA) is 70.7 Å². The number of nitrogens with zero attached hydrogens (tertiary/aromatic N) is 6. The Hall–Kier alpha value is -1.41. The Morgan fingerprint density at radius 3 is 3.05 bits per heavy atom. The lowest BCUT2D eigenvalue weighted by Gasteiger charge is -2.22. The normalized spacial score (nSPS) is 16.6. The highest BCUT2D eigenvalue weighted by Gasteiger charge is 2.20. The van der Waals surface area contributed by atoms with Gasteiger partial charge >= 0.3 is 0 Å². The first-order valence-electron chi connectivity index (χ1n) is 6.87. The number of aromatic nitrogens is 6. The second kappa shape index (κ2) is 6.85. The summed E-state index contributed by atoms with van der Waals surface area (Å²) in [6.07, 6.45) is 8.69. The first kappa shape index (κ1) is 13.6. The molecule has 0 aromatic carbocycles. The molecule has 3 rings (SSSR count). The van der Waals surface area contributed by atoms with Gasteiger partial charge in [0.1, 0.15) is 0 Å². The van der Waals surface area contributed by atoms with Gasteiger partial charge in [-0.05, 0) is 29.7 Å². The van der Waals surface area contributed by atoms with Crippen molar-refractivity contribution in [2.24, 2.45) is 0 Å². The standard InChI is InChI=1S/C12H18N6OS/c1(5-17-6-4-13-10-17)9-20-12-14-15-16-18(12)11-2-7-19-8-3-11/h4,6,10-11H,1-3,5,7-9H2.